The summed E-state index contributed by atoms with van der Waals surface area (Å²) in [4.78, 5) is 72.2. The fourth-order valence-corrected chi connectivity index (χ4v) is 11.2. The molecule has 0 heterocycles. The summed E-state index contributed by atoms with van der Waals surface area (Å²) >= 11 is 0. The highest BCUT2D eigenvalue weighted by molar-refractivity contribution is 7.47. The van der Waals surface area contributed by atoms with Gasteiger partial charge in [-0.3, -0.25) is 37.3 Å². The van der Waals surface area contributed by atoms with Gasteiger partial charge in [-0.15, -0.1) is 0 Å². The summed E-state index contributed by atoms with van der Waals surface area (Å²) in [7, 11) is -9.89. The number of phosphoric ester groups is 2. The lowest BCUT2D eigenvalue weighted by Gasteiger charge is -2.21. The number of hydrogen-bond donors (Lipinski definition) is 3. The number of aliphatic hydroxyl groups excluding tert-OH is 1. The van der Waals surface area contributed by atoms with Crippen LogP contribution in [0.2, 0.25) is 0 Å². The molecule has 0 bridgehead atoms. The summed E-state index contributed by atoms with van der Waals surface area (Å²) in [6, 6.07) is 0. The van der Waals surface area contributed by atoms with Gasteiger partial charge in [0.15, 0.2) is 12.2 Å². The lowest BCUT2D eigenvalue weighted by atomic mass is 10.00. The Balaban J connectivity index is 5.26. The molecular formula is C65H126O17P2. The molecule has 0 fully saturated rings. The van der Waals surface area contributed by atoms with Crippen molar-refractivity contribution in [1.82, 2.24) is 0 Å². The van der Waals surface area contributed by atoms with Gasteiger partial charge in [-0.2, -0.15) is 0 Å². The minimum Gasteiger partial charge on any atom is -0.462 e. The first kappa shape index (κ1) is 82.1. The fraction of sp³-hybridized carbons (Fsp3) is 0.938. The van der Waals surface area contributed by atoms with Crippen molar-refractivity contribution in [3.8, 4) is 0 Å². The summed E-state index contributed by atoms with van der Waals surface area (Å²) in [5.74, 6) is 0.759. The van der Waals surface area contributed by atoms with Crippen molar-refractivity contribution in [3.63, 3.8) is 0 Å². The molecular weight excluding hydrogens is 1110 g/mol. The van der Waals surface area contributed by atoms with E-state index < -0.39 is 97.5 Å². The third kappa shape index (κ3) is 57.8. The van der Waals surface area contributed by atoms with Crippen LogP contribution in [0.15, 0.2) is 0 Å². The number of carbonyl (C=O) groups is 4. The SMILES string of the molecule is CCC(C)CCCCCCCCC(=O)OC[C@H](COP(=O)(O)OC[C@H](O)COP(=O)(O)OC[C@@H](COC(=O)CCCCCCCCC(C)C)OC(=O)CCCCCCCCCCCC(C)C)OC(=O)CCCCCCCCCCCCC(C)C. The third-order valence-electron chi connectivity index (χ3n) is 15.2. The number of carbonyl (C=O) groups excluding carboxylic acids is 4. The molecule has 498 valence electrons. The molecule has 17 nitrogen and oxygen atoms in total. The average molecular weight is 1240 g/mol. The summed E-state index contributed by atoms with van der Waals surface area (Å²) in [5.41, 5.74) is 0. The first-order valence-corrected chi connectivity index (χ1v) is 36.7. The quantitative estimate of drug-likeness (QED) is 0.0222. The number of rotatable bonds is 62. The lowest BCUT2D eigenvalue weighted by molar-refractivity contribution is -0.161. The maximum absolute atomic E-state index is 13.0. The van der Waals surface area contributed by atoms with Crippen LogP contribution in [-0.4, -0.2) is 96.7 Å². The van der Waals surface area contributed by atoms with Gasteiger partial charge in [0, 0.05) is 25.7 Å². The standard InChI is InChI=1S/C65H126O17P2/c1-9-58(8)44-36-28-22-24-30-38-46-63(68)76-52-61(81-64(69)47-39-31-19-15-11-10-13-17-25-33-41-55(2)3)54-80-84(73,74)78-50-59(66)49-77-83(71,72)79-53-60(51-75-62(67)45-37-29-23-21-27-35-43-57(6)7)82-65(70)48-40-32-20-16-12-14-18-26-34-42-56(4)5/h55-61,66H,9-54H2,1-8H3,(H,71,72)(H,73,74)/t58?,59-,60-,61-/m1/s1. The van der Waals surface area contributed by atoms with Gasteiger partial charge in [-0.05, 0) is 49.4 Å². The lowest BCUT2D eigenvalue weighted by Crippen LogP contribution is -2.30. The molecule has 3 unspecified atom stereocenters. The van der Waals surface area contributed by atoms with Crippen LogP contribution >= 0.6 is 15.6 Å². The second-order valence-electron chi connectivity index (χ2n) is 25.2. The van der Waals surface area contributed by atoms with E-state index >= 15 is 0 Å². The number of unbranched alkanes of at least 4 members (excludes halogenated alkanes) is 27. The first-order valence-electron chi connectivity index (χ1n) is 33.7. The zero-order chi connectivity index (χ0) is 62.5. The molecule has 19 heteroatoms. The number of esters is 4. The van der Waals surface area contributed by atoms with Crippen LogP contribution in [0.1, 0.15) is 312 Å². The maximum Gasteiger partial charge on any atom is 0.472 e. The molecule has 0 amide bonds. The van der Waals surface area contributed by atoms with E-state index in [0.717, 1.165) is 120 Å². The Morgan fingerprint density at radius 3 is 0.845 bits per heavy atom. The van der Waals surface area contributed by atoms with E-state index in [2.05, 4.69) is 55.4 Å². The van der Waals surface area contributed by atoms with Gasteiger partial charge in [0.1, 0.15) is 19.3 Å². The van der Waals surface area contributed by atoms with Crippen LogP contribution in [0.4, 0.5) is 0 Å². The Morgan fingerprint density at radius 1 is 0.333 bits per heavy atom. The second-order valence-corrected chi connectivity index (χ2v) is 28.1. The smallest absolute Gasteiger partial charge is 0.462 e. The van der Waals surface area contributed by atoms with Crippen molar-refractivity contribution >= 4 is 39.5 Å². The second kappa shape index (κ2) is 55.2. The van der Waals surface area contributed by atoms with E-state index in [4.69, 9.17) is 37.0 Å². The molecule has 0 aromatic rings. The maximum atomic E-state index is 13.0. The van der Waals surface area contributed by atoms with Crippen molar-refractivity contribution in [2.24, 2.45) is 23.7 Å². The monoisotopic (exact) mass is 1240 g/mol. The zero-order valence-corrected chi connectivity index (χ0v) is 56.3. The molecule has 84 heavy (non-hydrogen) atoms. The van der Waals surface area contributed by atoms with Crippen molar-refractivity contribution in [1.29, 1.82) is 0 Å². The van der Waals surface area contributed by atoms with E-state index in [0.29, 0.717) is 31.6 Å². The Hall–Kier alpha value is -1.94. The molecule has 0 aliphatic rings. The van der Waals surface area contributed by atoms with Crippen molar-refractivity contribution in [2.75, 3.05) is 39.6 Å². The highest BCUT2D eigenvalue weighted by Crippen LogP contribution is 2.45. The van der Waals surface area contributed by atoms with Gasteiger partial charge in [0.2, 0.25) is 0 Å². The summed E-state index contributed by atoms with van der Waals surface area (Å²) < 4.78 is 68.0. The highest BCUT2D eigenvalue weighted by atomic mass is 31.2. The van der Waals surface area contributed by atoms with E-state index in [1.807, 2.05) is 0 Å². The number of ether oxygens (including phenoxy) is 4. The molecule has 0 rings (SSSR count). The Bertz CT molecular complexity index is 1680. The van der Waals surface area contributed by atoms with E-state index in [9.17, 15) is 43.2 Å². The normalized spacial score (nSPS) is 14.7. The van der Waals surface area contributed by atoms with E-state index in [1.54, 1.807) is 0 Å². The molecule has 0 radical (unpaired) electrons. The molecule has 0 saturated heterocycles. The van der Waals surface area contributed by atoms with Crippen molar-refractivity contribution in [3.05, 3.63) is 0 Å². The van der Waals surface area contributed by atoms with Gasteiger partial charge in [0.25, 0.3) is 0 Å². The fourth-order valence-electron chi connectivity index (χ4n) is 9.57. The Morgan fingerprint density at radius 2 is 0.571 bits per heavy atom. The molecule has 0 spiro atoms. The van der Waals surface area contributed by atoms with Crippen LogP contribution in [0.3, 0.4) is 0 Å². The summed E-state index contributed by atoms with van der Waals surface area (Å²) in [6.07, 6.45) is 35.0. The van der Waals surface area contributed by atoms with Crippen molar-refractivity contribution in [2.45, 2.75) is 331 Å². The molecule has 0 aliphatic carbocycles. The molecule has 0 saturated carbocycles. The summed E-state index contributed by atoms with van der Waals surface area (Å²) in [5, 5.41) is 10.5. The van der Waals surface area contributed by atoms with Gasteiger partial charge >= 0.3 is 39.5 Å². The van der Waals surface area contributed by atoms with Gasteiger partial charge in [-0.25, -0.2) is 9.13 Å². The molecule has 3 N–H and O–H groups in total. The van der Waals surface area contributed by atoms with E-state index in [1.165, 1.54) is 103 Å². The Kier molecular flexibility index (Phi) is 53.9. The van der Waals surface area contributed by atoms with Crippen LogP contribution in [0.25, 0.3) is 0 Å². The zero-order valence-electron chi connectivity index (χ0n) is 54.5. The van der Waals surface area contributed by atoms with Gasteiger partial charge in [-0.1, -0.05) is 261 Å². The average Bonchev–Trinajstić information content (AvgIpc) is 3.44. The third-order valence-corrected chi connectivity index (χ3v) is 17.1. The minimum atomic E-state index is -4.95. The first-order chi connectivity index (χ1) is 40.1. The van der Waals surface area contributed by atoms with Crippen LogP contribution in [0.5, 0.6) is 0 Å². The largest absolute Gasteiger partial charge is 0.472 e. The predicted octanol–water partition coefficient (Wildman–Crippen LogP) is 17.8. The highest BCUT2D eigenvalue weighted by Gasteiger charge is 2.30. The van der Waals surface area contributed by atoms with Crippen LogP contribution < -0.4 is 0 Å². The number of phosphoric acid groups is 2. The van der Waals surface area contributed by atoms with Crippen LogP contribution in [0, 0.1) is 23.7 Å². The minimum absolute atomic E-state index is 0.103. The molecule has 0 aliphatic heterocycles. The van der Waals surface area contributed by atoms with Crippen LogP contribution in [-0.2, 0) is 65.4 Å². The summed E-state index contributed by atoms with van der Waals surface area (Å²) in [6.45, 7) is 13.9. The molecule has 0 aromatic heterocycles. The van der Waals surface area contributed by atoms with Gasteiger partial charge in [0.05, 0.1) is 26.4 Å². The topological polar surface area (TPSA) is 237 Å². The van der Waals surface area contributed by atoms with Crippen molar-refractivity contribution < 1.29 is 80.2 Å². The van der Waals surface area contributed by atoms with Gasteiger partial charge < -0.3 is 33.8 Å². The Labute approximate surface area is 511 Å². The van der Waals surface area contributed by atoms with E-state index in [-0.39, 0.29) is 25.7 Å². The number of hydrogen-bond acceptors (Lipinski definition) is 15. The molecule has 0 aromatic carbocycles. The predicted molar refractivity (Wildman–Crippen MR) is 335 cm³/mol. The number of aliphatic hydroxyl groups is 1. The molecule has 6 atom stereocenters.